The van der Waals surface area contributed by atoms with E-state index in [1.54, 1.807) is 6.20 Å². The van der Waals surface area contributed by atoms with Gasteiger partial charge in [0, 0.05) is 17.1 Å². The summed E-state index contributed by atoms with van der Waals surface area (Å²) < 4.78 is 0. The van der Waals surface area contributed by atoms with Crippen LogP contribution < -0.4 is 0 Å². The summed E-state index contributed by atoms with van der Waals surface area (Å²) in [4.78, 5) is 3.13. The molecular formula is C11H10N2. The van der Waals surface area contributed by atoms with E-state index >= 15 is 0 Å². The number of aromatic amines is 1. The molecule has 0 amide bonds. The van der Waals surface area contributed by atoms with Crippen molar-refractivity contribution in [1.29, 1.82) is 5.26 Å². The lowest BCUT2D eigenvalue weighted by atomic mass is 10.1. The average molecular weight is 170 g/mol. The van der Waals surface area contributed by atoms with Gasteiger partial charge in [-0.2, -0.15) is 5.26 Å². The molecule has 0 atom stereocenters. The largest absolute Gasteiger partial charge is 0.360 e. The first-order valence-electron chi connectivity index (χ1n) is 4.21. The molecule has 2 aromatic rings. The highest BCUT2D eigenvalue weighted by Crippen LogP contribution is 2.24. The monoisotopic (exact) mass is 170 g/mol. The van der Waals surface area contributed by atoms with E-state index in [-0.39, 0.29) is 0 Å². The molecule has 1 aromatic heterocycles. The average Bonchev–Trinajstić information content (AvgIpc) is 2.56. The Morgan fingerprint density at radius 3 is 2.62 bits per heavy atom. The van der Waals surface area contributed by atoms with Crippen LogP contribution in [0.15, 0.2) is 18.3 Å². The van der Waals surface area contributed by atoms with Crippen molar-refractivity contribution in [2.24, 2.45) is 0 Å². The number of H-pyrrole nitrogens is 1. The molecule has 0 radical (unpaired) electrons. The van der Waals surface area contributed by atoms with Gasteiger partial charge in [0.25, 0.3) is 0 Å². The number of aryl methyl sites for hydroxylation is 2. The molecule has 0 unspecified atom stereocenters. The van der Waals surface area contributed by atoms with Crippen LogP contribution in [-0.4, -0.2) is 4.98 Å². The van der Waals surface area contributed by atoms with Gasteiger partial charge in [-0.05, 0) is 25.0 Å². The smallest absolute Gasteiger partial charge is 0.101 e. The molecule has 0 bridgehead atoms. The lowest BCUT2D eigenvalue weighted by Gasteiger charge is -1.99. The van der Waals surface area contributed by atoms with Crippen molar-refractivity contribution in [1.82, 2.24) is 4.98 Å². The van der Waals surface area contributed by atoms with Crippen molar-refractivity contribution in [3.8, 4) is 6.07 Å². The van der Waals surface area contributed by atoms with Gasteiger partial charge in [-0.25, -0.2) is 0 Å². The zero-order chi connectivity index (χ0) is 9.42. The van der Waals surface area contributed by atoms with Crippen molar-refractivity contribution < 1.29 is 0 Å². The van der Waals surface area contributed by atoms with Crippen molar-refractivity contribution >= 4 is 10.9 Å². The van der Waals surface area contributed by atoms with Gasteiger partial charge in [-0.1, -0.05) is 12.1 Å². The van der Waals surface area contributed by atoms with E-state index < -0.39 is 0 Å². The van der Waals surface area contributed by atoms with Crippen LogP contribution in [0.2, 0.25) is 0 Å². The second kappa shape index (κ2) is 2.63. The van der Waals surface area contributed by atoms with Gasteiger partial charge in [0.15, 0.2) is 0 Å². The molecule has 0 aliphatic rings. The lowest BCUT2D eigenvalue weighted by Crippen LogP contribution is -1.80. The lowest BCUT2D eigenvalue weighted by molar-refractivity contribution is 1.40. The third kappa shape index (κ3) is 1.01. The summed E-state index contributed by atoms with van der Waals surface area (Å²) >= 11 is 0. The van der Waals surface area contributed by atoms with Gasteiger partial charge < -0.3 is 4.98 Å². The third-order valence-corrected chi connectivity index (χ3v) is 2.37. The minimum atomic E-state index is 0.733. The fourth-order valence-electron chi connectivity index (χ4n) is 1.65. The van der Waals surface area contributed by atoms with Gasteiger partial charge in [0.2, 0.25) is 0 Å². The maximum atomic E-state index is 8.87. The van der Waals surface area contributed by atoms with Crippen LogP contribution in [0, 0.1) is 25.2 Å². The number of hydrogen-bond acceptors (Lipinski definition) is 1. The molecule has 1 N–H and O–H groups in total. The fourth-order valence-corrected chi connectivity index (χ4v) is 1.65. The number of hydrogen-bond donors (Lipinski definition) is 1. The van der Waals surface area contributed by atoms with Crippen molar-refractivity contribution in [2.75, 3.05) is 0 Å². The molecule has 2 nitrogen and oxygen atoms in total. The Morgan fingerprint density at radius 2 is 1.92 bits per heavy atom. The molecule has 0 fully saturated rings. The standard InChI is InChI=1S/C11H10N2/c1-7-3-4-8(2)11-10(7)9(5-12)6-13-11/h3-4,6,13H,1-2H3. The minimum Gasteiger partial charge on any atom is -0.360 e. The number of nitrogens with zero attached hydrogens (tertiary/aromatic N) is 1. The highest BCUT2D eigenvalue weighted by Gasteiger charge is 2.06. The van der Waals surface area contributed by atoms with Crippen LogP contribution in [0.5, 0.6) is 0 Å². The summed E-state index contributed by atoms with van der Waals surface area (Å²) in [5, 5.41) is 9.93. The van der Waals surface area contributed by atoms with Crippen molar-refractivity contribution in [3.63, 3.8) is 0 Å². The SMILES string of the molecule is Cc1ccc(C)c2c(C#N)c[nH]c12. The molecular weight excluding hydrogens is 160 g/mol. The zero-order valence-corrected chi connectivity index (χ0v) is 7.68. The maximum absolute atomic E-state index is 8.87. The van der Waals surface area contributed by atoms with E-state index in [1.807, 2.05) is 19.9 Å². The Bertz CT molecular complexity index is 501. The number of nitriles is 1. The van der Waals surface area contributed by atoms with Gasteiger partial charge >= 0.3 is 0 Å². The maximum Gasteiger partial charge on any atom is 0.101 e. The first-order chi connectivity index (χ1) is 6.24. The molecule has 0 aliphatic heterocycles. The summed E-state index contributed by atoms with van der Waals surface area (Å²) in [7, 11) is 0. The van der Waals surface area contributed by atoms with Gasteiger partial charge in [-0.3, -0.25) is 0 Å². The van der Waals surface area contributed by atoms with E-state index in [1.165, 1.54) is 5.56 Å². The predicted molar refractivity (Wildman–Crippen MR) is 52.5 cm³/mol. The van der Waals surface area contributed by atoms with Gasteiger partial charge in [0.05, 0.1) is 5.56 Å². The molecule has 64 valence electrons. The predicted octanol–water partition coefficient (Wildman–Crippen LogP) is 2.66. The summed E-state index contributed by atoms with van der Waals surface area (Å²) in [6.07, 6.45) is 1.77. The molecule has 0 saturated carbocycles. The Balaban J connectivity index is 2.98. The molecule has 13 heavy (non-hydrogen) atoms. The summed E-state index contributed by atoms with van der Waals surface area (Å²) in [5.74, 6) is 0. The quantitative estimate of drug-likeness (QED) is 0.648. The number of benzene rings is 1. The van der Waals surface area contributed by atoms with E-state index in [4.69, 9.17) is 5.26 Å². The second-order valence-corrected chi connectivity index (χ2v) is 3.26. The molecule has 2 rings (SSSR count). The normalized spacial score (nSPS) is 10.2. The van der Waals surface area contributed by atoms with Crippen molar-refractivity contribution in [3.05, 3.63) is 35.0 Å². The van der Waals surface area contributed by atoms with Crippen LogP contribution in [0.3, 0.4) is 0 Å². The highest BCUT2D eigenvalue weighted by molar-refractivity contribution is 5.90. The number of nitrogens with one attached hydrogen (secondary N) is 1. The van der Waals surface area contributed by atoms with Gasteiger partial charge in [0.1, 0.15) is 6.07 Å². The third-order valence-electron chi connectivity index (χ3n) is 2.37. The molecule has 0 saturated heterocycles. The Kier molecular flexibility index (Phi) is 1.60. The fraction of sp³-hybridized carbons (Fsp3) is 0.182. The van der Waals surface area contributed by atoms with E-state index in [2.05, 4.69) is 17.1 Å². The number of aromatic nitrogens is 1. The first kappa shape index (κ1) is 7.88. The summed E-state index contributed by atoms with van der Waals surface area (Å²) in [6.45, 7) is 4.07. The molecule has 1 aromatic carbocycles. The molecule has 2 heteroatoms. The summed E-state index contributed by atoms with van der Waals surface area (Å²) in [6, 6.07) is 6.30. The van der Waals surface area contributed by atoms with Crippen LogP contribution >= 0.6 is 0 Å². The second-order valence-electron chi connectivity index (χ2n) is 3.26. The Labute approximate surface area is 76.8 Å². The first-order valence-corrected chi connectivity index (χ1v) is 4.21. The van der Waals surface area contributed by atoms with E-state index in [9.17, 15) is 0 Å². The number of fused-ring (bicyclic) bond motifs is 1. The Hall–Kier alpha value is -1.75. The Morgan fingerprint density at radius 1 is 1.23 bits per heavy atom. The molecule has 0 spiro atoms. The van der Waals surface area contributed by atoms with Crippen LogP contribution in [0.4, 0.5) is 0 Å². The van der Waals surface area contributed by atoms with Crippen LogP contribution in [-0.2, 0) is 0 Å². The highest BCUT2D eigenvalue weighted by atomic mass is 14.7. The van der Waals surface area contributed by atoms with Crippen LogP contribution in [0.1, 0.15) is 16.7 Å². The van der Waals surface area contributed by atoms with E-state index in [0.717, 1.165) is 22.0 Å². The molecule has 0 aliphatic carbocycles. The molecule has 1 heterocycles. The van der Waals surface area contributed by atoms with Gasteiger partial charge in [-0.15, -0.1) is 0 Å². The van der Waals surface area contributed by atoms with Crippen molar-refractivity contribution in [2.45, 2.75) is 13.8 Å². The topological polar surface area (TPSA) is 39.6 Å². The zero-order valence-electron chi connectivity index (χ0n) is 7.68. The summed E-state index contributed by atoms with van der Waals surface area (Å²) in [5.41, 5.74) is 4.15. The minimum absolute atomic E-state index is 0.733. The van der Waals surface area contributed by atoms with Crippen LogP contribution in [0.25, 0.3) is 10.9 Å². The number of rotatable bonds is 0. The van der Waals surface area contributed by atoms with E-state index in [0.29, 0.717) is 0 Å².